The van der Waals surface area contributed by atoms with Crippen molar-refractivity contribution in [2.45, 2.75) is 33.6 Å². The van der Waals surface area contributed by atoms with E-state index in [-0.39, 0.29) is 5.91 Å². The van der Waals surface area contributed by atoms with Gasteiger partial charge in [0.1, 0.15) is 5.69 Å². The lowest BCUT2D eigenvalue weighted by Gasteiger charge is -2.30. The minimum atomic E-state index is -0.00601. The number of carbonyl (C=O) groups is 1. The van der Waals surface area contributed by atoms with E-state index in [0.29, 0.717) is 17.6 Å². The van der Waals surface area contributed by atoms with Crippen LogP contribution in [0.4, 0.5) is 11.6 Å². The van der Waals surface area contributed by atoms with E-state index in [1.165, 1.54) is 6.42 Å². The summed E-state index contributed by atoms with van der Waals surface area (Å²) in [6.45, 7) is 7.89. The van der Waals surface area contributed by atoms with Gasteiger partial charge in [-0.1, -0.05) is 25.1 Å². The van der Waals surface area contributed by atoms with Crippen molar-refractivity contribution < 1.29 is 4.79 Å². The molecule has 0 spiro atoms. The molecule has 1 fully saturated rings. The Bertz CT molecular complexity index is 724. The zero-order valence-electron chi connectivity index (χ0n) is 14.5. The average molecular weight is 324 g/mol. The number of likely N-dealkylation sites (tertiary alicyclic amines) is 1. The fourth-order valence-corrected chi connectivity index (χ4v) is 3.20. The number of piperidine rings is 1. The van der Waals surface area contributed by atoms with E-state index in [9.17, 15) is 4.79 Å². The fraction of sp³-hybridized carbons (Fsp3) is 0.421. The first kappa shape index (κ1) is 16.4. The van der Waals surface area contributed by atoms with E-state index < -0.39 is 0 Å². The molecule has 1 unspecified atom stereocenters. The Kier molecular flexibility index (Phi) is 4.79. The van der Waals surface area contributed by atoms with Crippen LogP contribution >= 0.6 is 0 Å². The van der Waals surface area contributed by atoms with Gasteiger partial charge in [-0.05, 0) is 49.8 Å². The molecule has 1 aromatic carbocycles. The van der Waals surface area contributed by atoms with Crippen LogP contribution in [0, 0.1) is 19.8 Å². The number of nitrogens with one attached hydrogen (secondary N) is 1. The molecular weight excluding hydrogens is 300 g/mol. The molecular formula is C19H24N4O. The highest BCUT2D eigenvalue weighted by molar-refractivity contribution is 5.92. The minimum absolute atomic E-state index is 0.00601. The number of benzene rings is 1. The number of hydrogen-bond donors (Lipinski definition) is 1. The van der Waals surface area contributed by atoms with Crippen LogP contribution in [0.5, 0.6) is 0 Å². The lowest BCUT2D eigenvalue weighted by Crippen LogP contribution is -2.39. The Morgan fingerprint density at radius 2 is 2.00 bits per heavy atom. The summed E-state index contributed by atoms with van der Waals surface area (Å²) in [7, 11) is 0. The molecule has 1 aliphatic rings. The quantitative estimate of drug-likeness (QED) is 0.935. The highest BCUT2D eigenvalue weighted by Crippen LogP contribution is 2.23. The highest BCUT2D eigenvalue weighted by Gasteiger charge is 2.23. The van der Waals surface area contributed by atoms with Crippen LogP contribution in [0.1, 0.15) is 41.4 Å². The van der Waals surface area contributed by atoms with E-state index in [1.54, 1.807) is 12.3 Å². The van der Waals surface area contributed by atoms with Gasteiger partial charge in [-0.3, -0.25) is 4.79 Å². The molecule has 0 saturated carbocycles. The topological polar surface area (TPSA) is 58.1 Å². The third-order valence-electron chi connectivity index (χ3n) is 4.54. The van der Waals surface area contributed by atoms with Crippen LogP contribution in [0.2, 0.25) is 0 Å². The maximum atomic E-state index is 12.7. The van der Waals surface area contributed by atoms with Crippen LogP contribution in [0.3, 0.4) is 0 Å². The normalized spacial score (nSPS) is 17.6. The molecule has 1 saturated heterocycles. The minimum Gasteiger partial charge on any atom is -0.337 e. The summed E-state index contributed by atoms with van der Waals surface area (Å²) in [6.07, 6.45) is 3.89. The molecule has 1 aromatic heterocycles. The standard InChI is InChI=1S/C19H24N4O/c1-13-6-5-11-23(12-13)18(24)16-9-10-20-19(21-16)22-17-14(2)7-4-8-15(17)3/h4,7-10,13H,5-6,11-12H2,1-3H3,(H,20,21,22). The van der Waals surface area contributed by atoms with Crippen LogP contribution in [0.25, 0.3) is 0 Å². The first-order valence-electron chi connectivity index (χ1n) is 8.50. The van der Waals surface area contributed by atoms with Gasteiger partial charge in [0, 0.05) is 25.0 Å². The second kappa shape index (κ2) is 6.99. The number of para-hydroxylation sites is 1. The second-order valence-corrected chi connectivity index (χ2v) is 6.66. The molecule has 3 rings (SSSR count). The van der Waals surface area contributed by atoms with Crippen molar-refractivity contribution in [2.75, 3.05) is 18.4 Å². The monoisotopic (exact) mass is 324 g/mol. The zero-order chi connectivity index (χ0) is 17.1. The summed E-state index contributed by atoms with van der Waals surface area (Å²) < 4.78 is 0. The Hall–Kier alpha value is -2.43. The fourth-order valence-electron chi connectivity index (χ4n) is 3.20. The molecule has 2 aromatic rings. The van der Waals surface area contributed by atoms with Gasteiger partial charge in [0.25, 0.3) is 5.91 Å². The highest BCUT2D eigenvalue weighted by atomic mass is 16.2. The van der Waals surface area contributed by atoms with E-state index in [2.05, 4.69) is 22.2 Å². The molecule has 0 radical (unpaired) electrons. The SMILES string of the molecule is Cc1cccc(C)c1Nc1nccc(C(=O)N2CCCC(C)C2)n1. The number of carbonyl (C=O) groups excluding carboxylic acids is 1. The third-order valence-corrected chi connectivity index (χ3v) is 4.54. The number of anilines is 2. The predicted molar refractivity (Wildman–Crippen MR) is 95.5 cm³/mol. The molecule has 1 amide bonds. The van der Waals surface area contributed by atoms with Crippen molar-refractivity contribution in [2.24, 2.45) is 5.92 Å². The summed E-state index contributed by atoms with van der Waals surface area (Å²) >= 11 is 0. The third kappa shape index (κ3) is 3.55. The molecule has 1 N–H and O–H groups in total. The van der Waals surface area contributed by atoms with Crippen molar-refractivity contribution in [3.8, 4) is 0 Å². The van der Waals surface area contributed by atoms with E-state index >= 15 is 0 Å². The lowest BCUT2D eigenvalue weighted by atomic mass is 10.00. The summed E-state index contributed by atoms with van der Waals surface area (Å²) in [5.74, 6) is 1.01. The van der Waals surface area contributed by atoms with Gasteiger partial charge in [0.2, 0.25) is 5.95 Å². The molecule has 1 aliphatic heterocycles. The predicted octanol–water partition coefficient (Wildman–Crippen LogP) is 3.71. The number of rotatable bonds is 3. The molecule has 126 valence electrons. The van der Waals surface area contributed by atoms with Gasteiger partial charge in [0.05, 0.1) is 0 Å². The Morgan fingerprint density at radius 1 is 1.25 bits per heavy atom. The first-order chi connectivity index (χ1) is 11.5. The molecule has 0 bridgehead atoms. The number of nitrogens with zero attached hydrogens (tertiary/aromatic N) is 3. The number of amides is 1. The van der Waals surface area contributed by atoms with Crippen molar-refractivity contribution in [1.82, 2.24) is 14.9 Å². The van der Waals surface area contributed by atoms with Gasteiger partial charge in [-0.25, -0.2) is 9.97 Å². The van der Waals surface area contributed by atoms with Crippen LogP contribution in [-0.4, -0.2) is 33.9 Å². The molecule has 0 aliphatic carbocycles. The molecule has 1 atom stereocenters. The number of aryl methyl sites for hydroxylation is 2. The van der Waals surface area contributed by atoms with Crippen molar-refractivity contribution in [3.05, 3.63) is 47.3 Å². The van der Waals surface area contributed by atoms with E-state index in [4.69, 9.17) is 0 Å². The van der Waals surface area contributed by atoms with Crippen LogP contribution < -0.4 is 5.32 Å². The summed E-state index contributed by atoms with van der Waals surface area (Å²) in [5.41, 5.74) is 3.70. The van der Waals surface area contributed by atoms with E-state index in [0.717, 1.165) is 36.3 Å². The van der Waals surface area contributed by atoms with Gasteiger partial charge in [-0.15, -0.1) is 0 Å². The molecule has 2 heterocycles. The Balaban J connectivity index is 1.80. The first-order valence-corrected chi connectivity index (χ1v) is 8.50. The molecule has 24 heavy (non-hydrogen) atoms. The summed E-state index contributed by atoms with van der Waals surface area (Å²) in [6, 6.07) is 7.80. The largest absolute Gasteiger partial charge is 0.337 e. The second-order valence-electron chi connectivity index (χ2n) is 6.66. The Labute approximate surface area is 143 Å². The van der Waals surface area contributed by atoms with Crippen molar-refractivity contribution in [1.29, 1.82) is 0 Å². The Morgan fingerprint density at radius 3 is 2.71 bits per heavy atom. The van der Waals surface area contributed by atoms with Gasteiger partial charge in [0.15, 0.2) is 0 Å². The number of hydrogen-bond acceptors (Lipinski definition) is 4. The maximum absolute atomic E-state index is 12.7. The molecule has 5 nitrogen and oxygen atoms in total. The van der Waals surface area contributed by atoms with Crippen molar-refractivity contribution >= 4 is 17.5 Å². The van der Waals surface area contributed by atoms with Gasteiger partial charge < -0.3 is 10.2 Å². The smallest absolute Gasteiger partial charge is 0.272 e. The van der Waals surface area contributed by atoms with Gasteiger partial charge >= 0.3 is 0 Å². The van der Waals surface area contributed by atoms with E-state index in [1.807, 2.05) is 36.9 Å². The number of aromatic nitrogens is 2. The van der Waals surface area contributed by atoms with Gasteiger partial charge in [-0.2, -0.15) is 0 Å². The maximum Gasteiger partial charge on any atom is 0.272 e. The zero-order valence-corrected chi connectivity index (χ0v) is 14.5. The molecule has 5 heteroatoms. The van der Waals surface area contributed by atoms with Crippen LogP contribution in [-0.2, 0) is 0 Å². The van der Waals surface area contributed by atoms with Crippen molar-refractivity contribution in [3.63, 3.8) is 0 Å². The average Bonchev–Trinajstić information content (AvgIpc) is 2.58. The summed E-state index contributed by atoms with van der Waals surface area (Å²) in [4.78, 5) is 23.3. The lowest BCUT2D eigenvalue weighted by molar-refractivity contribution is 0.0677. The van der Waals surface area contributed by atoms with Crippen LogP contribution in [0.15, 0.2) is 30.5 Å². The summed E-state index contributed by atoms with van der Waals surface area (Å²) in [5, 5.41) is 3.25.